The fraction of sp³-hybridized carbons (Fsp3) is 0.533. The van der Waals surface area contributed by atoms with E-state index in [-0.39, 0.29) is 18.4 Å². The number of rotatable bonds is 9. The van der Waals surface area contributed by atoms with Crippen molar-refractivity contribution in [2.75, 3.05) is 32.1 Å². The van der Waals surface area contributed by atoms with Gasteiger partial charge in [0.25, 0.3) is 0 Å². The average molecular weight is 280 g/mol. The highest BCUT2D eigenvalue weighted by molar-refractivity contribution is 5.76. The molecule has 1 unspecified atom stereocenters. The number of aliphatic hydroxyl groups is 1. The van der Waals surface area contributed by atoms with Crippen molar-refractivity contribution in [3.8, 4) is 0 Å². The molecule has 0 aromatic heterocycles. The molecule has 0 aliphatic carbocycles. The van der Waals surface area contributed by atoms with Crippen LogP contribution in [0.5, 0.6) is 0 Å². The topological polar surface area (TPSA) is 84.6 Å². The van der Waals surface area contributed by atoms with Crippen molar-refractivity contribution in [3.05, 3.63) is 29.8 Å². The first-order valence-electron chi connectivity index (χ1n) is 6.94. The van der Waals surface area contributed by atoms with Gasteiger partial charge in [0.15, 0.2) is 0 Å². The van der Waals surface area contributed by atoms with Crippen LogP contribution in [0, 0.1) is 0 Å². The van der Waals surface area contributed by atoms with Gasteiger partial charge in [0, 0.05) is 25.3 Å². The number of aliphatic hydroxyl groups excluding tert-OH is 1. The minimum absolute atomic E-state index is 0.0332. The van der Waals surface area contributed by atoms with Crippen LogP contribution in [0.1, 0.15) is 31.2 Å². The second-order valence-electron chi connectivity index (χ2n) is 4.81. The molecule has 0 fully saturated rings. The lowest BCUT2D eigenvalue weighted by Gasteiger charge is -2.12. The number of nitrogens with one attached hydrogen (secondary N) is 1. The third-order valence-corrected chi connectivity index (χ3v) is 3.02. The van der Waals surface area contributed by atoms with Crippen LogP contribution in [0.3, 0.4) is 0 Å². The third kappa shape index (κ3) is 6.54. The Hall–Kier alpha value is -1.59. The summed E-state index contributed by atoms with van der Waals surface area (Å²) >= 11 is 0. The number of hydrogen-bond acceptors (Lipinski definition) is 4. The van der Waals surface area contributed by atoms with E-state index in [9.17, 15) is 4.79 Å². The first-order chi connectivity index (χ1) is 9.63. The zero-order valence-electron chi connectivity index (χ0n) is 12.0. The molecule has 0 saturated heterocycles. The maximum Gasteiger partial charge on any atom is 0.220 e. The van der Waals surface area contributed by atoms with E-state index in [0.717, 1.165) is 17.7 Å². The molecule has 0 spiro atoms. The zero-order valence-corrected chi connectivity index (χ0v) is 12.0. The summed E-state index contributed by atoms with van der Waals surface area (Å²) in [4.78, 5) is 11.8. The van der Waals surface area contributed by atoms with E-state index in [1.54, 1.807) is 0 Å². The number of carbonyl (C=O) groups is 1. The highest BCUT2D eigenvalue weighted by Crippen LogP contribution is 2.19. The normalized spacial score (nSPS) is 12.1. The van der Waals surface area contributed by atoms with Gasteiger partial charge in [-0.2, -0.15) is 0 Å². The van der Waals surface area contributed by atoms with E-state index in [1.807, 2.05) is 31.2 Å². The number of amides is 1. The largest absolute Gasteiger partial charge is 0.399 e. The van der Waals surface area contributed by atoms with E-state index >= 15 is 0 Å². The Labute approximate surface area is 120 Å². The molecule has 1 amide bonds. The third-order valence-electron chi connectivity index (χ3n) is 3.02. The number of ether oxygens (including phenoxy) is 1. The van der Waals surface area contributed by atoms with Gasteiger partial charge in [-0.15, -0.1) is 0 Å². The van der Waals surface area contributed by atoms with Gasteiger partial charge in [0.1, 0.15) is 0 Å². The predicted molar refractivity (Wildman–Crippen MR) is 79.4 cm³/mol. The summed E-state index contributed by atoms with van der Waals surface area (Å²) in [5.41, 5.74) is 7.48. The number of hydrogen-bond donors (Lipinski definition) is 3. The molecule has 0 aliphatic heterocycles. The molecule has 112 valence electrons. The van der Waals surface area contributed by atoms with E-state index in [1.165, 1.54) is 0 Å². The van der Waals surface area contributed by atoms with Crippen molar-refractivity contribution in [3.63, 3.8) is 0 Å². The van der Waals surface area contributed by atoms with Gasteiger partial charge in [-0.25, -0.2) is 0 Å². The number of nitrogen functional groups attached to an aromatic ring is 1. The summed E-state index contributed by atoms with van der Waals surface area (Å²) in [7, 11) is 0. The van der Waals surface area contributed by atoms with Gasteiger partial charge >= 0.3 is 0 Å². The van der Waals surface area contributed by atoms with Crippen molar-refractivity contribution in [2.24, 2.45) is 0 Å². The van der Waals surface area contributed by atoms with Crippen molar-refractivity contribution in [2.45, 2.75) is 25.7 Å². The molecule has 1 rings (SSSR count). The van der Waals surface area contributed by atoms with Gasteiger partial charge in [0.2, 0.25) is 5.91 Å². The Balaban J connectivity index is 2.19. The quantitative estimate of drug-likeness (QED) is 0.470. The second-order valence-corrected chi connectivity index (χ2v) is 4.81. The number of anilines is 1. The van der Waals surface area contributed by atoms with E-state index in [4.69, 9.17) is 15.6 Å². The molecule has 0 aliphatic rings. The van der Waals surface area contributed by atoms with Gasteiger partial charge in [-0.1, -0.05) is 19.1 Å². The Bertz CT molecular complexity index is 393. The highest BCUT2D eigenvalue weighted by Gasteiger charge is 2.10. The number of carbonyl (C=O) groups excluding carboxylic acids is 1. The maximum absolute atomic E-state index is 11.8. The molecule has 5 nitrogen and oxygen atoms in total. The first kappa shape index (κ1) is 16.5. The summed E-state index contributed by atoms with van der Waals surface area (Å²) in [6.07, 6.45) is 1.21. The summed E-state index contributed by atoms with van der Waals surface area (Å²) in [5.74, 6) is 0.206. The van der Waals surface area contributed by atoms with Crippen LogP contribution >= 0.6 is 0 Å². The fourth-order valence-electron chi connectivity index (χ4n) is 1.86. The summed E-state index contributed by atoms with van der Waals surface area (Å²) < 4.78 is 5.11. The van der Waals surface area contributed by atoms with Crippen molar-refractivity contribution < 1.29 is 14.6 Å². The van der Waals surface area contributed by atoms with Crippen LogP contribution < -0.4 is 11.1 Å². The Morgan fingerprint density at radius 1 is 1.35 bits per heavy atom. The molecule has 0 saturated carbocycles. The highest BCUT2D eigenvalue weighted by atomic mass is 16.5. The molecule has 0 radical (unpaired) electrons. The molecule has 1 atom stereocenters. The smallest absolute Gasteiger partial charge is 0.220 e. The molecular formula is C15H24N2O3. The van der Waals surface area contributed by atoms with Crippen molar-refractivity contribution >= 4 is 11.6 Å². The maximum atomic E-state index is 11.8. The van der Waals surface area contributed by atoms with Crippen molar-refractivity contribution in [1.82, 2.24) is 5.32 Å². The SMILES string of the molecule is CC(CC(=O)NCCCOCCO)c1ccc(N)cc1. The number of benzene rings is 1. The van der Waals surface area contributed by atoms with Crippen LogP contribution in [0.25, 0.3) is 0 Å². The molecule has 0 heterocycles. The summed E-state index contributed by atoms with van der Waals surface area (Å²) in [6, 6.07) is 7.61. The summed E-state index contributed by atoms with van der Waals surface area (Å²) in [5, 5.41) is 11.4. The second kappa shape index (κ2) is 9.34. The average Bonchev–Trinajstić information content (AvgIpc) is 2.43. The lowest BCUT2D eigenvalue weighted by Crippen LogP contribution is -2.26. The molecule has 4 N–H and O–H groups in total. The molecular weight excluding hydrogens is 256 g/mol. The van der Waals surface area contributed by atoms with Crippen molar-refractivity contribution in [1.29, 1.82) is 0 Å². The first-order valence-corrected chi connectivity index (χ1v) is 6.94. The van der Waals surface area contributed by atoms with Crippen LogP contribution in [-0.2, 0) is 9.53 Å². The van der Waals surface area contributed by atoms with Crippen LogP contribution in [0.4, 0.5) is 5.69 Å². The minimum Gasteiger partial charge on any atom is -0.399 e. The molecule has 1 aromatic rings. The number of nitrogens with two attached hydrogens (primary N) is 1. The van der Waals surface area contributed by atoms with Crippen LogP contribution in [0.2, 0.25) is 0 Å². The minimum atomic E-state index is 0.0332. The van der Waals surface area contributed by atoms with E-state index < -0.39 is 0 Å². The zero-order chi connectivity index (χ0) is 14.8. The monoisotopic (exact) mass is 280 g/mol. The Kier molecular flexibility index (Phi) is 7.69. The van der Waals surface area contributed by atoms with Gasteiger partial charge in [-0.3, -0.25) is 4.79 Å². The van der Waals surface area contributed by atoms with Gasteiger partial charge in [0.05, 0.1) is 13.2 Å². The lowest BCUT2D eigenvalue weighted by atomic mass is 9.97. The van der Waals surface area contributed by atoms with Gasteiger partial charge < -0.3 is 20.9 Å². The molecule has 1 aromatic carbocycles. The van der Waals surface area contributed by atoms with E-state index in [0.29, 0.717) is 26.2 Å². The van der Waals surface area contributed by atoms with Crippen LogP contribution in [0.15, 0.2) is 24.3 Å². The lowest BCUT2D eigenvalue weighted by molar-refractivity contribution is -0.121. The predicted octanol–water partition coefficient (Wildman–Crippen LogP) is 1.28. The fourth-order valence-corrected chi connectivity index (χ4v) is 1.86. The molecule has 20 heavy (non-hydrogen) atoms. The standard InChI is InChI=1S/C15H24N2O3/c1-12(13-3-5-14(16)6-4-13)11-15(19)17-7-2-9-20-10-8-18/h3-6,12,18H,2,7-11,16H2,1H3,(H,17,19). The molecule has 5 heteroatoms. The Morgan fingerprint density at radius 2 is 2.05 bits per heavy atom. The molecule has 0 bridgehead atoms. The van der Waals surface area contributed by atoms with Gasteiger partial charge in [-0.05, 0) is 30.0 Å². The van der Waals surface area contributed by atoms with Crippen LogP contribution in [-0.4, -0.2) is 37.4 Å². The summed E-state index contributed by atoms with van der Waals surface area (Å²) in [6.45, 7) is 3.55. The van der Waals surface area contributed by atoms with E-state index in [2.05, 4.69) is 5.32 Å². The Morgan fingerprint density at radius 3 is 2.70 bits per heavy atom.